The molecule has 7 nitrogen and oxygen atoms in total. The number of rotatable bonds is 8. The van der Waals surface area contributed by atoms with E-state index in [4.69, 9.17) is 28.3 Å². The van der Waals surface area contributed by atoms with Crippen LogP contribution >= 0.6 is 23.2 Å². The van der Waals surface area contributed by atoms with Crippen molar-refractivity contribution in [1.29, 1.82) is 0 Å². The molecule has 4 N–H and O–H groups in total. The Morgan fingerprint density at radius 3 is 2.80 bits per heavy atom. The van der Waals surface area contributed by atoms with E-state index in [1.165, 1.54) is 12.1 Å². The van der Waals surface area contributed by atoms with Crippen molar-refractivity contribution >= 4 is 45.8 Å². The summed E-state index contributed by atoms with van der Waals surface area (Å²) in [5.74, 6) is -0.186. The molecule has 1 aliphatic rings. The average molecular weight is 530 g/mol. The van der Waals surface area contributed by atoms with Crippen LogP contribution in [0.2, 0.25) is 10.0 Å². The van der Waals surface area contributed by atoms with Crippen LogP contribution in [0.4, 0.5) is 19.0 Å². The second-order valence-corrected chi connectivity index (χ2v) is 9.08. The minimum Gasteiger partial charge on any atom is -0.396 e. The molecule has 0 spiro atoms. The van der Waals surface area contributed by atoms with Crippen molar-refractivity contribution in [3.8, 4) is 0 Å². The van der Waals surface area contributed by atoms with Gasteiger partial charge in [0.25, 0.3) is 0 Å². The van der Waals surface area contributed by atoms with Crippen LogP contribution in [0.5, 0.6) is 0 Å². The molecular weight excluding hydrogens is 506 g/mol. The largest absolute Gasteiger partial charge is 0.434 e. The number of aliphatic hydroxyl groups excluding tert-OH is 1. The smallest absolute Gasteiger partial charge is 0.396 e. The second-order valence-electron chi connectivity index (χ2n) is 8.24. The fraction of sp³-hybridized carbons (Fsp3) is 0.391. The van der Waals surface area contributed by atoms with Gasteiger partial charge in [0.2, 0.25) is 5.91 Å². The molecule has 0 saturated heterocycles. The standard InChI is InChI=1S/C23H24Cl2F3N5O2/c24-13-1-3-17-15(11-13)14-5-8-33(18(21(14)31-17)12-30-20(35)6-10-34)9-7-29-19-4-2-16(25)22(32-19)23(26,27)28/h1-4,11,18,31,34H,5-10,12H2,(H,29,32)(H,30,35). The predicted octanol–water partition coefficient (Wildman–Crippen LogP) is 4.40. The fourth-order valence-electron chi connectivity index (χ4n) is 4.35. The van der Waals surface area contributed by atoms with Crippen LogP contribution in [-0.4, -0.2) is 58.7 Å². The van der Waals surface area contributed by atoms with Crippen molar-refractivity contribution < 1.29 is 23.1 Å². The number of aromatic amines is 1. The number of alkyl halides is 3. The number of hydrogen-bond donors (Lipinski definition) is 4. The summed E-state index contributed by atoms with van der Waals surface area (Å²) in [6.45, 7) is 1.56. The molecule has 1 amide bonds. The Balaban J connectivity index is 1.51. The lowest BCUT2D eigenvalue weighted by Crippen LogP contribution is -2.44. The molecule has 12 heteroatoms. The molecule has 0 bridgehead atoms. The Morgan fingerprint density at radius 1 is 1.26 bits per heavy atom. The van der Waals surface area contributed by atoms with E-state index in [0.29, 0.717) is 31.2 Å². The molecule has 1 unspecified atom stereocenters. The first-order valence-corrected chi connectivity index (χ1v) is 11.8. The molecule has 188 valence electrons. The van der Waals surface area contributed by atoms with E-state index in [9.17, 15) is 18.0 Å². The number of aliphatic hydroxyl groups is 1. The summed E-state index contributed by atoms with van der Waals surface area (Å²) in [5, 5.41) is 16.0. The van der Waals surface area contributed by atoms with Gasteiger partial charge in [0.1, 0.15) is 5.82 Å². The number of nitrogens with one attached hydrogen (secondary N) is 3. The maximum absolute atomic E-state index is 13.1. The highest BCUT2D eigenvalue weighted by molar-refractivity contribution is 6.31. The zero-order valence-electron chi connectivity index (χ0n) is 18.6. The quantitative estimate of drug-likeness (QED) is 0.347. The lowest BCUT2D eigenvalue weighted by molar-refractivity contribution is -0.141. The third-order valence-electron chi connectivity index (χ3n) is 5.98. The van der Waals surface area contributed by atoms with Gasteiger partial charge in [-0.3, -0.25) is 9.69 Å². The number of fused-ring (bicyclic) bond motifs is 3. The van der Waals surface area contributed by atoms with Crippen LogP contribution in [0.1, 0.15) is 29.4 Å². The number of pyridine rings is 1. The van der Waals surface area contributed by atoms with Crippen LogP contribution in [0.3, 0.4) is 0 Å². The van der Waals surface area contributed by atoms with Gasteiger partial charge in [0.15, 0.2) is 5.69 Å². The van der Waals surface area contributed by atoms with E-state index in [1.54, 1.807) is 6.07 Å². The summed E-state index contributed by atoms with van der Waals surface area (Å²) in [6, 6.07) is 8.00. The second kappa shape index (κ2) is 10.6. The summed E-state index contributed by atoms with van der Waals surface area (Å²) >= 11 is 11.8. The van der Waals surface area contributed by atoms with Gasteiger partial charge < -0.3 is 20.7 Å². The molecule has 1 atom stereocenters. The zero-order valence-corrected chi connectivity index (χ0v) is 20.1. The number of halogens is 5. The minimum atomic E-state index is -4.64. The number of amides is 1. The van der Waals surface area contributed by atoms with Gasteiger partial charge in [-0.1, -0.05) is 23.2 Å². The molecule has 35 heavy (non-hydrogen) atoms. The summed E-state index contributed by atoms with van der Waals surface area (Å²) in [5.41, 5.74) is 1.90. The topological polar surface area (TPSA) is 93.3 Å². The van der Waals surface area contributed by atoms with Crippen molar-refractivity contribution in [2.75, 3.05) is 38.1 Å². The van der Waals surface area contributed by atoms with Crippen molar-refractivity contribution in [3.05, 3.63) is 57.3 Å². The molecule has 0 radical (unpaired) electrons. The van der Waals surface area contributed by atoms with Gasteiger partial charge in [-0.05, 0) is 42.3 Å². The summed E-state index contributed by atoms with van der Waals surface area (Å²) in [7, 11) is 0. The van der Waals surface area contributed by atoms with E-state index in [-0.39, 0.29) is 30.8 Å². The summed E-state index contributed by atoms with van der Waals surface area (Å²) in [4.78, 5) is 21.2. The molecule has 0 aliphatic carbocycles. The number of aromatic nitrogens is 2. The molecule has 3 heterocycles. The molecule has 2 aromatic heterocycles. The third-order valence-corrected chi connectivity index (χ3v) is 6.52. The Labute approximate surface area is 209 Å². The van der Waals surface area contributed by atoms with E-state index < -0.39 is 16.9 Å². The number of hydrogen-bond acceptors (Lipinski definition) is 5. The highest BCUT2D eigenvalue weighted by Crippen LogP contribution is 2.36. The molecule has 1 aliphatic heterocycles. The van der Waals surface area contributed by atoms with E-state index >= 15 is 0 Å². The molecule has 1 aromatic carbocycles. The average Bonchev–Trinajstić information content (AvgIpc) is 3.16. The highest BCUT2D eigenvalue weighted by Gasteiger charge is 2.35. The highest BCUT2D eigenvalue weighted by atomic mass is 35.5. The molecule has 0 saturated carbocycles. The van der Waals surface area contributed by atoms with Crippen molar-refractivity contribution in [2.24, 2.45) is 0 Å². The Morgan fingerprint density at radius 2 is 2.06 bits per heavy atom. The maximum atomic E-state index is 13.1. The van der Waals surface area contributed by atoms with Gasteiger partial charge >= 0.3 is 6.18 Å². The maximum Gasteiger partial charge on any atom is 0.434 e. The number of anilines is 1. The number of nitrogens with zero attached hydrogens (tertiary/aromatic N) is 2. The zero-order chi connectivity index (χ0) is 25.2. The normalized spacial score (nSPS) is 16.3. The van der Waals surface area contributed by atoms with Crippen molar-refractivity contribution in [3.63, 3.8) is 0 Å². The van der Waals surface area contributed by atoms with E-state index in [2.05, 4.69) is 25.5 Å². The lowest BCUT2D eigenvalue weighted by Gasteiger charge is -2.36. The van der Waals surface area contributed by atoms with Crippen LogP contribution in [0.25, 0.3) is 10.9 Å². The first kappa shape index (κ1) is 25.6. The molecule has 4 rings (SSSR count). The van der Waals surface area contributed by atoms with Gasteiger partial charge in [-0.15, -0.1) is 0 Å². The van der Waals surface area contributed by atoms with Gasteiger partial charge in [-0.2, -0.15) is 13.2 Å². The van der Waals surface area contributed by atoms with Crippen LogP contribution in [0, 0.1) is 0 Å². The molecule has 0 fully saturated rings. The van der Waals surface area contributed by atoms with Crippen molar-refractivity contribution in [1.82, 2.24) is 20.2 Å². The third kappa shape index (κ3) is 5.83. The van der Waals surface area contributed by atoms with Gasteiger partial charge in [0, 0.05) is 54.2 Å². The predicted molar refractivity (Wildman–Crippen MR) is 129 cm³/mol. The molecule has 3 aromatic rings. The Kier molecular flexibility index (Phi) is 7.75. The van der Waals surface area contributed by atoms with Crippen LogP contribution < -0.4 is 10.6 Å². The SMILES string of the molecule is O=C(CCO)NCC1c2[nH]c3ccc(Cl)cc3c2CCN1CCNc1ccc(Cl)c(C(F)(F)F)n1. The number of carbonyl (C=O) groups is 1. The van der Waals surface area contributed by atoms with Gasteiger partial charge in [0.05, 0.1) is 17.7 Å². The van der Waals surface area contributed by atoms with Gasteiger partial charge in [-0.25, -0.2) is 4.98 Å². The van der Waals surface area contributed by atoms with Crippen LogP contribution in [-0.2, 0) is 17.4 Å². The summed E-state index contributed by atoms with van der Waals surface area (Å²) < 4.78 is 39.3. The fourth-order valence-corrected chi connectivity index (χ4v) is 4.74. The first-order chi connectivity index (χ1) is 16.7. The Hall–Kier alpha value is -2.53. The monoisotopic (exact) mass is 529 g/mol. The Bertz CT molecular complexity index is 1220. The molecular formula is C23H24Cl2F3N5O2. The first-order valence-electron chi connectivity index (χ1n) is 11.1. The minimum absolute atomic E-state index is 0.00716. The van der Waals surface area contributed by atoms with E-state index in [1.807, 2.05) is 12.1 Å². The summed E-state index contributed by atoms with van der Waals surface area (Å²) in [6.07, 6.45) is -3.89. The number of benzene rings is 1. The van der Waals surface area contributed by atoms with Crippen LogP contribution in [0.15, 0.2) is 30.3 Å². The lowest BCUT2D eigenvalue weighted by atomic mass is 9.97. The van der Waals surface area contributed by atoms with E-state index in [0.717, 1.165) is 28.6 Å². The van der Waals surface area contributed by atoms with Crippen molar-refractivity contribution in [2.45, 2.75) is 25.1 Å². The number of H-pyrrole nitrogens is 1. The number of carbonyl (C=O) groups excluding carboxylic acids is 1.